The quantitative estimate of drug-likeness (QED) is 0.409. The Morgan fingerprint density at radius 3 is 2.78 bits per heavy atom. The second-order valence-corrected chi connectivity index (χ2v) is 5.90. The highest BCUT2D eigenvalue weighted by Crippen LogP contribution is 2.18. The lowest BCUT2D eigenvalue weighted by Gasteiger charge is -2.12. The van der Waals surface area contributed by atoms with Gasteiger partial charge in [0.25, 0.3) is 11.5 Å². The van der Waals surface area contributed by atoms with E-state index in [9.17, 15) is 9.59 Å². The maximum atomic E-state index is 12.8. The van der Waals surface area contributed by atoms with Crippen LogP contribution in [0.1, 0.15) is 16.2 Å². The number of amides is 1. The molecule has 0 aliphatic carbocycles. The lowest BCUT2D eigenvalue weighted by atomic mass is 10.1. The number of benzene rings is 2. The third-order valence-corrected chi connectivity index (χ3v) is 3.99. The first-order valence-corrected chi connectivity index (χ1v) is 7.61. The third-order valence-electron chi connectivity index (χ3n) is 3.50. The van der Waals surface area contributed by atoms with Crippen LogP contribution < -0.4 is 16.8 Å². The minimum Gasteiger partial charge on any atom is -0.290 e. The predicted octanol–water partition coefficient (Wildman–Crippen LogP) is 2.06. The predicted molar refractivity (Wildman–Crippen MR) is 91.4 cm³/mol. The van der Waals surface area contributed by atoms with E-state index in [4.69, 9.17) is 5.84 Å². The Balaban J connectivity index is 2.28. The highest BCUT2D eigenvalue weighted by atomic mass is 79.9. The Labute approximate surface area is 140 Å². The number of aryl methyl sites for hydroxylation is 1. The number of nitrogens with zero attached hydrogens (tertiary/aromatic N) is 2. The van der Waals surface area contributed by atoms with Crippen LogP contribution in [0.2, 0.25) is 0 Å². The van der Waals surface area contributed by atoms with Gasteiger partial charge in [-0.25, -0.2) is 10.8 Å². The summed E-state index contributed by atoms with van der Waals surface area (Å²) in [4.78, 5) is 29.0. The zero-order valence-corrected chi connectivity index (χ0v) is 13.8. The summed E-state index contributed by atoms with van der Waals surface area (Å²) >= 11 is 3.36. The fourth-order valence-corrected chi connectivity index (χ4v) is 2.80. The summed E-state index contributed by atoms with van der Waals surface area (Å²) in [6.45, 7) is 1.75. The minimum atomic E-state index is -0.422. The maximum absolute atomic E-state index is 12.8. The van der Waals surface area contributed by atoms with E-state index in [1.165, 1.54) is 4.57 Å². The summed E-state index contributed by atoms with van der Waals surface area (Å²) in [6.07, 6.45) is 0. The Morgan fingerprint density at radius 1 is 1.26 bits per heavy atom. The highest BCUT2D eigenvalue weighted by molar-refractivity contribution is 9.10. The molecule has 3 N–H and O–H groups in total. The average Bonchev–Trinajstić information content (AvgIpc) is 2.55. The number of rotatable bonds is 2. The second kappa shape index (κ2) is 5.94. The Hall–Kier alpha value is -2.51. The van der Waals surface area contributed by atoms with Crippen molar-refractivity contribution in [1.82, 2.24) is 15.0 Å². The molecule has 0 fully saturated rings. The van der Waals surface area contributed by atoms with E-state index >= 15 is 0 Å². The van der Waals surface area contributed by atoms with Gasteiger partial charge in [-0.1, -0.05) is 22.0 Å². The molecule has 0 saturated carbocycles. The van der Waals surface area contributed by atoms with Crippen LogP contribution in [-0.2, 0) is 0 Å². The summed E-state index contributed by atoms with van der Waals surface area (Å²) < 4.78 is 2.28. The molecule has 23 heavy (non-hydrogen) atoms. The normalized spacial score (nSPS) is 10.7. The first-order valence-electron chi connectivity index (χ1n) is 6.81. The average molecular weight is 373 g/mol. The molecule has 7 heteroatoms. The molecule has 1 amide bonds. The lowest BCUT2D eigenvalue weighted by molar-refractivity contribution is 0.0953. The molecule has 0 unspecified atom stereocenters. The van der Waals surface area contributed by atoms with Crippen LogP contribution in [0, 0.1) is 6.92 Å². The van der Waals surface area contributed by atoms with Gasteiger partial charge in [-0.15, -0.1) is 0 Å². The molecule has 0 bridgehead atoms. The van der Waals surface area contributed by atoms with E-state index in [-0.39, 0.29) is 5.56 Å². The van der Waals surface area contributed by atoms with E-state index in [2.05, 4.69) is 26.3 Å². The number of nitrogen functional groups attached to an aromatic ring is 1. The second-order valence-electron chi connectivity index (χ2n) is 4.98. The Kier molecular flexibility index (Phi) is 3.97. The van der Waals surface area contributed by atoms with E-state index in [1.54, 1.807) is 43.3 Å². The fourth-order valence-electron chi connectivity index (χ4n) is 2.44. The number of nitrogens with one attached hydrogen (secondary N) is 1. The number of hydrazine groups is 1. The number of carbonyl (C=O) groups excluding carboxylic acids is 1. The van der Waals surface area contributed by atoms with Crippen molar-refractivity contribution in [2.75, 3.05) is 0 Å². The largest absolute Gasteiger partial charge is 0.290 e. The number of fused-ring (bicyclic) bond motifs is 1. The van der Waals surface area contributed by atoms with Gasteiger partial charge in [0.2, 0.25) is 0 Å². The van der Waals surface area contributed by atoms with Crippen LogP contribution in [-0.4, -0.2) is 15.5 Å². The van der Waals surface area contributed by atoms with Crippen molar-refractivity contribution in [2.45, 2.75) is 6.92 Å². The summed E-state index contributed by atoms with van der Waals surface area (Å²) in [5.74, 6) is 5.27. The van der Waals surface area contributed by atoms with E-state index < -0.39 is 5.91 Å². The standard InChI is InChI=1S/C16H13BrN4O2/c1-9-19-14-6-5-11(17)8-13(14)16(23)21(9)12-4-2-3-10(7-12)15(22)20-18/h2-8H,18H2,1H3,(H,20,22). The fraction of sp³-hybridized carbons (Fsp3) is 0.0625. The Morgan fingerprint density at radius 2 is 2.04 bits per heavy atom. The monoisotopic (exact) mass is 372 g/mol. The van der Waals surface area contributed by atoms with Crippen LogP contribution in [0.5, 0.6) is 0 Å². The smallest absolute Gasteiger partial charge is 0.265 e. The zero-order chi connectivity index (χ0) is 16.6. The van der Waals surface area contributed by atoms with Crippen molar-refractivity contribution in [2.24, 2.45) is 5.84 Å². The van der Waals surface area contributed by atoms with Gasteiger partial charge in [0.05, 0.1) is 16.6 Å². The van der Waals surface area contributed by atoms with Crippen molar-refractivity contribution in [3.63, 3.8) is 0 Å². The molecular weight excluding hydrogens is 360 g/mol. The van der Waals surface area contributed by atoms with Crippen LogP contribution in [0.25, 0.3) is 16.6 Å². The van der Waals surface area contributed by atoms with Crippen molar-refractivity contribution < 1.29 is 4.79 Å². The molecule has 3 aromatic rings. The molecule has 2 aromatic carbocycles. The summed E-state index contributed by atoms with van der Waals surface area (Å²) in [7, 11) is 0. The SMILES string of the molecule is Cc1nc2ccc(Br)cc2c(=O)n1-c1cccc(C(=O)NN)c1. The van der Waals surface area contributed by atoms with Gasteiger partial charge in [0.1, 0.15) is 5.82 Å². The summed E-state index contributed by atoms with van der Waals surface area (Å²) in [5, 5.41) is 0.499. The number of nitrogens with two attached hydrogens (primary N) is 1. The maximum Gasteiger partial charge on any atom is 0.265 e. The number of hydrogen-bond donors (Lipinski definition) is 2. The van der Waals surface area contributed by atoms with Gasteiger partial charge in [0.15, 0.2) is 0 Å². The topological polar surface area (TPSA) is 90.0 Å². The van der Waals surface area contributed by atoms with E-state index in [0.29, 0.717) is 28.0 Å². The molecule has 0 aliphatic rings. The molecule has 0 aliphatic heterocycles. The van der Waals surface area contributed by atoms with E-state index in [0.717, 1.165) is 4.47 Å². The molecule has 0 saturated heterocycles. The van der Waals surface area contributed by atoms with Gasteiger partial charge in [-0.2, -0.15) is 0 Å². The first-order chi connectivity index (χ1) is 11.0. The van der Waals surface area contributed by atoms with Gasteiger partial charge in [-0.3, -0.25) is 19.6 Å². The Bertz CT molecular complexity index is 981. The molecule has 116 valence electrons. The molecular formula is C16H13BrN4O2. The van der Waals surface area contributed by atoms with Gasteiger partial charge in [0, 0.05) is 10.0 Å². The molecule has 3 rings (SSSR count). The summed E-state index contributed by atoms with van der Waals surface area (Å²) in [5.41, 5.74) is 3.44. The van der Waals surface area contributed by atoms with Crippen molar-refractivity contribution in [1.29, 1.82) is 0 Å². The molecule has 0 atom stereocenters. The van der Waals surface area contributed by atoms with Crippen LogP contribution in [0.15, 0.2) is 51.7 Å². The number of hydrogen-bond acceptors (Lipinski definition) is 4. The lowest BCUT2D eigenvalue weighted by Crippen LogP contribution is -2.30. The molecule has 1 heterocycles. The molecule has 6 nitrogen and oxygen atoms in total. The first kappa shape index (κ1) is 15.4. The minimum absolute atomic E-state index is 0.195. The van der Waals surface area contributed by atoms with Crippen LogP contribution in [0.4, 0.5) is 0 Å². The third kappa shape index (κ3) is 2.76. The number of halogens is 1. The van der Waals surface area contributed by atoms with E-state index in [1.807, 2.05) is 6.07 Å². The molecule has 0 radical (unpaired) electrons. The van der Waals surface area contributed by atoms with Gasteiger partial charge < -0.3 is 0 Å². The van der Waals surface area contributed by atoms with Crippen molar-refractivity contribution >= 4 is 32.7 Å². The van der Waals surface area contributed by atoms with Gasteiger partial charge in [-0.05, 0) is 43.3 Å². The van der Waals surface area contributed by atoms with Crippen LogP contribution in [0.3, 0.4) is 0 Å². The zero-order valence-electron chi connectivity index (χ0n) is 12.2. The number of carbonyl (C=O) groups is 1. The summed E-state index contributed by atoms with van der Waals surface area (Å²) in [6, 6.07) is 12.0. The van der Waals surface area contributed by atoms with Gasteiger partial charge >= 0.3 is 0 Å². The molecule has 1 aromatic heterocycles. The number of aromatic nitrogens is 2. The molecule has 0 spiro atoms. The highest BCUT2D eigenvalue weighted by Gasteiger charge is 2.12. The van der Waals surface area contributed by atoms with Crippen molar-refractivity contribution in [3.05, 3.63) is 68.7 Å². The van der Waals surface area contributed by atoms with Crippen molar-refractivity contribution in [3.8, 4) is 5.69 Å². The van der Waals surface area contributed by atoms with Crippen LogP contribution >= 0.6 is 15.9 Å².